The zero-order valence-corrected chi connectivity index (χ0v) is 8.90. The van der Waals surface area contributed by atoms with Crippen molar-refractivity contribution in [3.8, 4) is 6.07 Å². The van der Waals surface area contributed by atoms with Crippen molar-refractivity contribution in [3.63, 3.8) is 0 Å². The van der Waals surface area contributed by atoms with Crippen molar-refractivity contribution in [3.05, 3.63) is 0 Å². The molecular weight excluding hydrogens is 218 g/mol. The summed E-state index contributed by atoms with van der Waals surface area (Å²) in [5.41, 5.74) is 5.82. The van der Waals surface area contributed by atoms with Gasteiger partial charge in [-0.25, -0.2) is 13.1 Å². The van der Waals surface area contributed by atoms with Crippen LogP contribution in [0.2, 0.25) is 0 Å². The van der Waals surface area contributed by atoms with E-state index in [1.165, 1.54) is 0 Å². The van der Waals surface area contributed by atoms with Gasteiger partial charge in [0.15, 0.2) is 5.75 Å². The summed E-state index contributed by atoms with van der Waals surface area (Å²) in [7, 11) is -3.53. The fourth-order valence-electron chi connectivity index (χ4n) is 2.23. The van der Waals surface area contributed by atoms with Gasteiger partial charge < -0.3 is 10.5 Å². The highest BCUT2D eigenvalue weighted by Gasteiger charge is 2.53. The molecule has 2 rings (SSSR count). The monoisotopic (exact) mass is 231 g/mol. The normalized spacial score (nSPS) is 39.2. The van der Waals surface area contributed by atoms with Crippen molar-refractivity contribution in [1.82, 2.24) is 4.72 Å². The number of nitrogens with zero attached hydrogens (tertiary/aromatic N) is 1. The van der Waals surface area contributed by atoms with Crippen molar-refractivity contribution < 1.29 is 13.2 Å². The Labute approximate surface area is 88.4 Å². The lowest BCUT2D eigenvalue weighted by molar-refractivity contribution is -0.00920. The van der Waals surface area contributed by atoms with Crippen LogP contribution >= 0.6 is 0 Å². The van der Waals surface area contributed by atoms with E-state index < -0.39 is 15.8 Å². The first-order valence-corrected chi connectivity index (χ1v) is 6.44. The lowest BCUT2D eigenvalue weighted by Gasteiger charge is -2.45. The van der Waals surface area contributed by atoms with E-state index in [4.69, 9.17) is 15.7 Å². The van der Waals surface area contributed by atoms with E-state index in [1.807, 2.05) is 0 Å². The van der Waals surface area contributed by atoms with E-state index in [2.05, 4.69) is 4.72 Å². The molecule has 4 atom stereocenters. The van der Waals surface area contributed by atoms with Crippen molar-refractivity contribution in [2.75, 3.05) is 12.4 Å². The van der Waals surface area contributed by atoms with Crippen molar-refractivity contribution in [2.45, 2.75) is 24.6 Å². The van der Waals surface area contributed by atoms with Gasteiger partial charge in [0, 0.05) is 18.6 Å². The van der Waals surface area contributed by atoms with Crippen LogP contribution in [0, 0.1) is 17.2 Å². The van der Waals surface area contributed by atoms with Gasteiger partial charge in [-0.1, -0.05) is 0 Å². The second kappa shape index (κ2) is 3.72. The summed E-state index contributed by atoms with van der Waals surface area (Å²) < 4.78 is 30.4. The third-order valence-corrected chi connectivity index (χ3v) is 4.16. The standard InChI is InChI=1S/C8H13N3O3S/c9-2-4-15(12,13)11-7-6(10)5-1-3-14-8(5)7/h5-8,11H,1,3-4,10H2. The van der Waals surface area contributed by atoms with Crippen molar-refractivity contribution >= 4 is 10.0 Å². The Bertz CT molecular complexity index is 388. The molecular formula is C8H13N3O3S. The summed E-state index contributed by atoms with van der Waals surface area (Å²) in [4.78, 5) is 0. The molecule has 0 bridgehead atoms. The molecule has 15 heavy (non-hydrogen) atoms. The van der Waals surface area contributed by atoms with E-state index >= 15 is 0 Å². The molecule has 1 heterocycles. The molecule has 84 valence electrons. The van der Waals surface area contributed by atoms with E-state index in [9.17, 15) is 8.42 Å². The van der Waals surface area contributed by atoms with E-state index in [1.54, 1.807) is 6.07 Å². The molecule has 7 heteroatoms. The summed E-state index contributed by atoms with van der Waals surface area (Å²) >= 11 is 0. The second-order valence-electron chi connectivity index (χ2n) is 3.93. The summed E-state index contributed by atoms with van der Waals surface area (Å²) in [6, 6.07) is 1.05. The van der Waals surface area contributed by atoms with Gasteiger partial charge in [-0.15, -0.1) is 0 Å². The lowest BCUT2D eigenvalue weighted by Crippen LogP contribution is -2.69. The van der Waals surface area contributed by atoms with Gasteiger partial charge in [0.05, 0.1) is 18.2 Å². The number of rotatable bonds is 3. The van der Waals surface area contributed by atoms with Crippen LogP contribution in [0.15, 0.2) is 0 Å². The number of hydrogen-bond donors (Lipinski definition) is 2. The summed E-state index contributed by atoms with van der Waals surface area (Å²) in [6.45, 7) is 0.638. The van der Waals surface area contributed by atoms with Crippen LogP contribution in [-0.2, 0) is 14.8 Å². The molecule has 1 saturated carbocycles. The van der Waals surface area contributed by atoms with E-state index in [-0.39, 0.29) is 24.1 Å². The molecule has 4 unspecified atom stereocenters. The summed E-state index contributed by atoms with van der Waals surface area (Å²) in [6.07, 6.45) is 0.788. The fraction of sp³-hybridized carbons (Fsp3) is 0.875. The minimum Gasteiger partial charge on any atom is -0.376 e. The van der Waals surface area contributed by atoms with Crippen LogP contribution in [0.3, 0.4) is 0 Å². The molecule has 3 N–H and O–H groups in total. The molecule has 0 aromatic carbocycles. The highest BCUT2D eigenvalue weighted by atomic mass is 32.2. The van der Waals surface area contributed by atoms with E-state index in [0.717, 1.165) is 6.42 Å². The minimum atomic E-state index is -3.53. The SMILES string of the molecule is N#CCS(=O)(=O)NC1C(N)C2CCOC21. The fourth-order valence-corrected chi connectivity index (χ4v) is 3.19. The molecule has 0 spiro atoms. The number of nitrogens with one attached hydrogen (secondary N) is 1. The Morgan fingerprint density at radius 2 is 2.33 bits per heavy atom. The third-order valence-electron chi connectivity index (χ3n) is 3.02. The Balaban J connectivity index is 1.99. The molecule has 1 saturated heterocycles. The zero-order chi connectivity index (χ0) is 11.1. The number of nitrogens with two attached hydrogens (primary N) is 1. The molecule has 1 aliphatic carbocycles. The maximum Gasteiger partial charge on any atom is 0.225 e. The average molecular weight is 231 g/mol. The Morgan fingerprint density at radius 3 is 3.00 bits per heavy atom. The number of nitriles is 1. The number of hydrogen-bond acceptors (Lipinski definition) is 5. The predicted octanol–water partition coefficient (Wildman–Crippen LogP) is -1.46. The van der Waals surface area contributed by atoms with Gasteiger partial charge in [0.1, 0.15) is 0 Å². The number of fused-ring (bicyclic) bond motifs is 1. The Morgan fingerprint density at radius 1 is 1.60 bits per heavy atom. The lowest BCUT2D eigenvalue weighted by atomic mass is 9.73. The molecule has 0 amide bonds. The Hall–Kier alpha value is -0.680. The second-order valence-corrected chi connectivity index (χ2v) is 5.68. The van der Waals surface area contributed by atoms with Gasteiger partial charge in [0.25, 0.3) is 0 Å². The summed E-state index contributed by atoms with van der Waals surface area (Å²) in [5, 5.41) is 8.33. The van der Waals surface area contributed by atoms with Crippen molar-refractivity contribution in [1.29, 1.82) is 5.26 Å². The highest BCUT2D eigenvalue weighted by Crippen LogP contribution is 2.37. The van der Waals surface area contributed by atoms with Gasteiger partial charge in [0.2, 0.25) is 10.0 Å². The largest absolute Gasteiger partial charge is 0.376 e. The number of ether oxygens (including phenoxy) is 1. The average Bonchev–Trinajstić information content (AvgIpc) is 2.58. The van der Waals surface area contributed by atoms with Crippen LogP contribution in [0.1, 0.15) is 6.42 Å². The van der Waals surface area contributed by atoms with Gasteiger partial charge in [-0.05, 0) is 6.42 Å². The zero-order valence-electron chi connectivity index (χ0n) is 8.09. The van der Waals surface area contributed by atoms with Crippen molar-refractivity contribution in [2.24, 2.45) is 11.7 Å². The first-order chi connectivity index (χ1) is 7.05. The quantitative estimate of drug-likeness (QED) is 0.618. The topological polar surface area (TPSA) is 105 Å². The molecule has 2 fully saturated rings. The number of sulfonamides is 1. The van der Waals surface area contributed by atoms with Gasteiger partial charge >= 0.3 is 0 Å². The molecule has 0 aromatic heterocycles. The van der Waals surface area contributed by atoms with Crippen LogP contribution < -0.4 is 10.5 Å². The minimum absolute atomic E-state index is 0.103. The Kier molecular flexibility index (Phi) is 2.68. The first-order valence-electron chi connectivity index (χ1n) is 4.79. The van der Waals surface area contributed by atoms with Crippen LogP contribution in [0.25, 0.3) is 0 Å². The molecule has 0 aromatic rings. The predicted molar refractivity (Wildman–Crippen MR) is 52.1 cm³/mol. The molecule has 2 aliphatic rings. The first kappa shape index (κ1) is 10.8. The van der Waals surface area contributed by atoms with Crippen LogP contribution in [-0.4, -0.2) is 39.0 Å². The maximum absolute atomic E-state index is 11.3. The van der Waals surface area contributed by atoms with Crippen LogP contribution in [0.4, 0.5) is 0 Å². The third kappa shape index (κ3) is 1.86. The maximum atomic E-state index is 11.3. The molecule has 1 aliphatic heterocycles. The molecule has 0 radical (unpaired) electrons. The van der Waals surface area contributed by atoms with Gasteiger partial charge in [-0.2, -0.15) is 5.26 Å². The van der Waals surface area contributed by atoms with E-state index in [0.29, 0.717) is 6.61 Å². The highest BCUT2D eigenvalue weighted by molar-refractivity contribution is 7.89. The smallest absolute Gasteiger partial charge is 0.225 e. The molecule has 6 nitrogen and oxygen atoms in total. The van der Waals surface area contributed by atoms with Gasteiger partial charge in [-0.3, -0.25) is 0 Å². The van der Waals surface area contributed by atoms with Crippen LogP contribution in [0.5, 0.6) is 0 Å². The summed E-state index contributed by atoms with van der Waals surface area (Å²) in [5.74, 6) is -0.270.